The number of hydrogen-bond acceptors (Lipinski definition) is 6. The molecule has 0 aliphatic carbocycles. The zero-order valence-corrected chi connectivity index (χ0v) is 16.5. The summed E-state index contributed by atoms with van der Waals surface area (Å²) in [5.41, 5.74) is 1.76. The largest absolute Gasteiger partial charge is 0.339 e. The van der Waals surface area contributed by atoms with E-state index in [2.05, 4.69) is 10.1 Å². The molecule has 2 heterocycles. The maximum atomic E-state index is 12.5. The fourth-order valence-corrected chi connectivity index (χ4v) is 4.65. The lowest BCUT2D eigenvalue weighted by atomic mass is 10.0. The van der Waals surface area contributed by atoms with Crippen LogP contribution in [0.15, 0.2) is 28.8 Å². The summed E-state index contributed by atoms with van der Waals surface area (Å²) in [6, 6.07) is 7.67. The molecule has 1 fully saturated rings. The van der Waals surface area contributed by atoms with E-state index in [1.165, 1.54) is 0 Å². The van der Waals surface area contributed by atoms with E-state index in [-0.39, 0.29) is 17.8 Å². The topological polar surface area (TPSA) is 93.4 Å². The second-order valence-electron chi connectivity index (χ2n) is 7.00. The minimum absolute atomic E-state index is 0.00624. The Labute approximate surface area is 159 Å². The van der Waals surface area contributed by atoms with Crippen LogP contribution in [-0.4, -0.2) is 47.7 Å². The number of aromatic nitrogens is 2. The SMILES string of the molecule is CC[C@@H]1CCCCN1C(=O)CS(=O)(=O)Cc1nc(-c2ccccc2C)no1. The lowest BCUT2D eigenvalue weighted by Crippen LogP contribution is -2.45. The van der Waals surface area contributed by atoms with Gasteiger partial charge in [0.05, 0.1) is 0 Å². The molecule has 0 radical (unpaired) electrons. The monoisotopic (exact) mass is 391 g/mol. The van der Waals surface area contributed by atoms with Crippen LogP contribution in [0.25, 0.3) is 11.4 Å². The predicted octanol–water partition coefficient (Wildman–Crippen LogP) is 2.75. The molecule has 27 heavy (non-hydrogen) atoms. The van der Waals surface area contributed by atoms with Crippen LogP contribution in [0, 0.1) is 6.92 Å². The molecule has 0 bridgehead atoms. The zero-order chi connectivity index (χ0) is 19.4. The molecule has 1 amide bonds. The number of rotatable bonds is 6. The maximum absolute atomic E-state index is 12.5. The zero-order valence-electron chi connectivity index (χ0n) is 15.7. The molecular formula is C19H25N3O4S. The summed E-state index contributed by atoms with van der Waals surface area (Å²) < 4.78 is 30.1. The number of carbonyl (C=O) groups is 1. The molecule has 3 rings (SSSR count). The van der Waals surface area contributed by atoms with E-state index in [0.29, 0.717) is 12.4 Å². The van der Waals surface area contributed by atoms with Crippen molar-refractivity contribution >= 4 is 15.7 Å². The highest BCUT2D eigenvalue weighted by molar-refractivity contribution is 7.91. The molecule has 1 aliphatic heterocycles. The second-order valence-corrected chi connectivity index (χ2v) is 9.07. The van der Waals surface area contributed by atoms with Crippen molar-refractivity contribution in [3.05, 3.63) is 35.7 Å². The van der Waals surface area contributed by atoms with Gasteiger partial charge in [0.2, 0.25) is 17.6 Å². The molecule has 8 heteroatoms. The van der Waals surface area contributed by atoms with Crippen LogP contribution in [0.1, 0.15) is 44.1 Å². The minimum atomic E-state index is -3.68. The number of nitrogens with zero attached hydrogens (tertiary/aromatic N) is 3. The van der Waals surface area contributed by atoms with Gasteiger partial charge in [-0.2, -0.15) is 4.98 Å². The number of sulfone groups is 1. The molecule has 1 atom stereocenters. The summed E-state index contributed by atoms with van der Waals surface area (Å²) in [5.74, 6) is -0.924. The van der Waals surface area contributed by atoms with Gasteiger partial charge in [-0.3, -0.25) is 4.79 Å². The Hall–Kier alpha value is -2.22. The highest BCUT2D eigenvalue weighted by Crippen LogP contribution is 2.22. The molecule has 0 saturated carbocycles. The first kappa shape index (κ1) is 19.5. The van der Waals surface area contributed by atoms with Crippen molar-refractivity contribution in [2.24, 2.45) is 0 Å². The molecule has 0 unspecified atom stereocenters. The highest BCUT2D eigenvalue weighted by atomic mass is 32.2. The predicted molar refractivity (Wildman–Crippen MR) is 102 cm³/mol. The Bertz CT molecular complexity index is 907. The van der Waals surface area contributed by atoms with Crippen LogP contribution >= 0.6 is 0 Å². The number of carbonyl (C=O) groups excluding carboxylic acids is 1. The van der Waals surface area contributed by atoms with Gasteiger partial charge in [-0.25, -0.2) is 8.42 Å². The molecule has 1 aliphatic rings. The van der Waals surface area contributed by atoms with Crippen LogP contribution < -0.4 is 0 Å². The van der Waals surface area contributed by atoms with Crippen molar-refractivity contribution < 1.29 is 17.7 Å². The van der Waals surface area contributed by atoms with Gasteiger partial charge in [0, 0.05) is 18.2 Å². The average molecular weight is 391 g/mol. The number of hydrogen-bond donors (Lipinski definition) is 0. The molecule has 2 aromatic rings. The Kier molecular flexibility index (Phi) is 5.94. The summed E-state index contributed by atoms with van der Waals surface area (Å²) in [6.07, 6.45) is 3.78. The smallest absolute Gasteiger partial charge is 0.242 e. The van der Waals surface area contributed by atoms with E-state index in [0.717, 1.165) is 36.8 Å². The van der Waals surface area contributed by atoms with Crippen molar-refractivity contribution in [2.75, 3.05) is 12.3 Å². The van der Waals surface area contributed by atoms with Crippen LogP contribution in [0.2, 0.25) is 0 Å². The molecule has 0 spiro atoms. The van der Waals surface area contributed by atoms with Gasteiger partial charge in [0.1, 0.15) is 11.5 Å². The van der Waals surface area contributed by atoms with Gasteiger partial charge >= 0.3 is 0 Å². The Balaban J connectivity index is 1.68. The summed E-state index contributed by atoms with van der Waals surface area (Å²) in [7, 11) is -3.68. The number of amides is 1. The van der Waals surface area contributed by atoms with Crippen molar-refractivity contribution in [1.82, 2.24) is 15.0 Å². The Morgan fingerprint density at radius 1 is 1.30 bits per heavy atom. The lowest BCUT2D eigenvalue weighted by molar-refractivity contribution is -0.132. The van der Waals surface area contributed by atoms with Crippen molar-refractivity contribution in [2.45, 2.75) is 51.3 Å². The molecule has 7 nitrogen and oxygen atoms in total. The summed E-state index contributed by atoms with van der Waals surface area (Å²) in [6.45, 7) is 4.57. The van der Waals surface area contributed by atoms with Crippen LogP contribution in [0.3, 0.4) is 0 Å². The number of piperidine rings is 1. The lowest BCUT2D eigenvalue weighted by Gasteiger charge is -2.35. The van der Waals surface area contributed by atoms with Gasteiger partial charge in [-0.15, -0.1) is 0 Å². The van der Waals surface area contributed by atoms with E-state index in [9.17, 15) is 13.2 Å². The number of aryl methyl sites for hydroxylation is 1. The Morgan fingerprint density at radius 2 is 2.07 bits per heavy atom. The first-order valence-electron chi connectivity index (χ1n) is 9.28. The minimum Gasteiger partial charge on any atom is -0.339 e. The van der Waals surface area contributed by atoms with E-state index >= 15 is 0 Å². The van der Waals surface area contributed by atoms with E-state index in [1.54, 1.807) is 4.90 Å². The fraction of sp³-hybridized carbons (Fsp3) is 0.526. The number of likely N-dealkylation sites (tertiary alicyclic amines) is 1. The molecular weight excluding hydrogens is 366 g/mol. The maximum Gasteiger partial charge on any atom is 0.242 e. The van der Waals surface area contributed by atoms with E-state index in [4.69, 9.17) is 4.52 Å². The highest BCUT2D eigenvalue weighted by Gasteiger charge is 2.29. The summed E-state index contributed by atoms with van der Waals surface area (Å²) >= 11 is 0. The third kappa shape index (κ3) is 4.74. The van der Waals surface area contributed by atoms with Gasteiger partial charge in [-0.1, -0.05) is 36.3 Å². The number of benzene rings is 1. The van der Waals surface area contributed by atoms with Gasteiger partial charge < -0.3 is 9.42 Å². The van der Waals surface area contributed by atoms with Crippen molar-refractivity contribution in [1.29, 1.82) is 0 Å². The van der Waals surface area contributed by atoms with E-state index in [1.807, 2.05) is 38.1 Å². The molecule has 0 N–H and O–H groups in total. The van der Waals surface area contributed by atoms with Crippen molar-refractivity contribution in [3.8, 4) is 11.4 Å². The quantitative estimate of drug-likeness (QED) is 0.752. The third-order valence-electron chi connectivity index (χ3n) is 4.96. The van der Waals surface area contributed by atoms with Crippen LogP contribution in [0.4, 0.5) is 0 Å². The van der Waals surface area contributed by atoms with Gasteiger partial charge in [-0.05, 0) is 38.2 Å². The summed E-state index contributed by atoms with van der Waals surface area (Å²) in [4.78, 5) is 18.4. The molecule has 1 saturated heterocycles. The Morgan fingerprint density at radius 3 is 2.81 bits per heavy atom. The second kappa shape index (κ2) is 8.21. The standard InChI is InChI=1S/C19H25N3O4S/c1-3-15-9-6-7-11-22(15)18(23)13-27(24,25)12-17-20-19(21-26-17)16-10-5-4-8-14(16)2/h4-5,8,10,15H,3,6-7,9,11-13H2,1-2H3/t15-/m1/s1. The first-order chi connectivity index (χ1) is 12.9. The fourth-order valence-electron chi connectivity index (χ4n) is 3.51. The molecule has 1 aromatic heterocycles. The van der Waals surface area contributed by atoms with Crippen molar-refractivity contribution in [3.63, 3.8) is 0 Å². The van der Waals surface area contributed by atoms with Crippen LogP contribution in [0.5, 0.6) is 0 Å². The van der Waals surface area contributed by atoms with Gasteiger partial charge in [0.25, 0.3) is 0 Å². The molecule has 146 valence electrons. The third-order valence-corrected chi connectivity index (χ3v) is 6.33. The average Bonchev–Trinajstić information content (AvgIpc) is 3.09. The van der Waals surface area contributed by atoms with Gasteiger partial charge in [0.15, 0.2) is 9.84 Å². The molecule has 1 aromatic carbocycles. The first-order valence-corrected chi connectivity index (χ1v) is 11.1. The summed E-state index contributed by atoms with van der Waals surface area (Å²) in [5, 5.41) is 3.88. The van der Waals surface area contributed by atoms with Crippen LogP contribution in [-0.2, 0) is 20.4 Å². The van der Waals surface area contributed by atoms with E-state index < -0.39 is 21.3 Å². The normalized spacial score (nSPS) is 17.9.